The highest BCUT2D eigenvalue weighted by Gasteiger charge is 2.12. The van der Waals surface area contributed by atoms with Crippen molar-refractivity contribution in [2.24, 2.45) is 0 Å². The number of anilines is 1. The molecule has 8 nitrogen and oxygen atoms in total. The van der Waals surface area contributed by atoms with Crippen molar-refractivity contribution in [3.8, 4) is 23.1 Å². The van der Waals surface area contributed by atoms with Gasteiger partial charge in [0.05, 0.1) is 37.1 Å². The van der Waals surface area contributed by atoms with E-state index in [1.807, 2.05) is 24.3 Å². The minimum Gasteiger partial charge on any atom is -0.497 e. The minimum absolute atomic E-state index is 0.0726. The molecule has 0 saturated carbocycles. The highest BCUT2D eigenvalue weighted by molar-refractivity contribution is 7.99. The van der Waals surface area contributed by atoms with Crippen molar-refractivity contribution in [2.45, 2.75) is 24.8 Å². The summed E-state index contributed by atoms with van der Waals surface area (Å²) in [5.41, 5.74) is 2.66. The normalized spacial score (nSPS) is 10.3. The quantitative estimate of drug-likeness (QED) is 0.336. The molecular weight excluding hydrogens is 460 g/mol. The number of nitrogens with zero attached hydrogens (tertiary/aromatic N) is 3. The van der Waals surface area contributed by atoms with E-state index in [2.05, 4.69) is 21.4 Å². The SMILES string of the molecule is CCOC(=O)Cc1csc(NC(=O)CCSc2nc(-c3ccc(OC)cc3)ccc2C#N)n1. The molecule has 1 amide bonds. The largest absolute Gasteiger partial charge is 0.497 e. The first-order chi connectivity index (χ1) is 16.0. The number of ether oxygens (including phenoxy) is 2. The standard InChI is InChI=1S/C23H22N4O4S2/c1-3-31-21(29)12-17-14-33-23(25-17)27-20(28)10-11-32-22-16(13-24)6-9-19(26-22)15-4-7-18(30-2)8-5-15/h4-9,14H,3,10-12H2,1-2H3,(H,25,27,28). The Kier molecular flexibility index (Phi) is 8.80. The van der Waals surface area contributed by atoms with Crippen LogP contribution in [0.3, 0.4) is 0 Å². The number of methoxy groups -OCH3 is 1. The first-order valence-corrected chi connectivity index (χ1v) is 12.0. The summed E-state index contributed by atoms with van der Waals surface area (Å²) < 4.78 is 10.1. The predicted molar refractivity (Wildman–Crippen MR) is 127 cm³/mol. The Labute approximate surface area is 200 Å². The van der Waals surface area contributed by atoms with Gasteiger partial charge in [0.2, 0.25) is 5.91 Å². The van der Waals surface area contributed by atoms with Gasteiger partial charge in [-0.3, -0.25) is 9.59 Å². The van der Waals surface area contributed by atoms with Gasteiger partial charge in [-0.25, -0.2) is 9.97 Å². The Morgan fingerprint density at radius 2 is 1.97 bits per heavy atom. The summed E-state index contributed by atoms with van der Waals surface area (Å²) in [7, 11) is 1.61. The fraction of sp³-hybridized carbons (Fsp3) is 0.261. The molecule has 1 aromatic carbocycles. The third-order valence-electron chi connectivity index (χ3n) is 4.36. The van der Waals surface area contributed by atoms with Gasteiger partial charge in [-0.05, 0) is 43.3 Å². The zero-order valence-electron chi connectivity index (χ0n) is 18.2. The lowest BCUT2D eigenvalue weighted by Crippen LogP contribution is -2.12. The third-order valence-corrected chi connectivity index (χ3v) is 6.16. The molecule has 0 unspecified atom stereocenters. The molecule has 0 saturated heterocycles. The number of hydrogen-bond donors (Lipinski definition) is 1. The number of rotatable bonds is 10. The zero-order chi connectivity index (χ0) is 23.6. The fourth-order valence-electron chi connectivity index (χ4n) is 2.79. The Hall–Kier alpha value is -3.42. The van der Waals surface area contributed by atoms with Gasteiger partial charge in [-0.2, -0.15) is 5.26 Å². The fourth-order valence-corrected chi connectivity index (χ4v) is 4.43. The van der Waals surface area contributed by atoms with Gasteiger partial charge in [0.25, 0.3) is 0 Å². The Balaban J connectivity index is 1.56. The van der Waals surface area contributed by atoms with Crippen LogP contribution in [0.15, 0.2) is 46.8 Å². The number of hydrogen-bond acceptors (Lipinski definition) is 9. The van der Waals surface area contributed by atoms with Crippen LogP contribution in [0.25, 0.3) is 11.3 Å². The molecule has 170 valence electrons. The Morgan fingerprint density at radius 1 is 1.18 bits per heavy atom. The van der Waals surface area contributed by atoms with E-state index in [0.29, 0.717) is 33.8 Å². The lowest BCUT2D eigenvalue weighted by molar-refractivity contribution is -0.142. The lowest BCUT2D eigenvalue weighted by Gasteiger charge is -2.07. The smallest absolute Gasteiger partial charge is 0.311 e. The van der Waals surface area contributed by atoms with Crippen LogP contribution >= 0.6 is 23.1 Å². The number of nitriles is 1. The van der Waals surface area contributed by atoms with Gasteiger partial charge < -0.3 is 14.8 Å². The summed E-state index contributed by atoms with van der Waals surface area (Å²) in [5, 5.41) is 14.9. The highest BCUT2D eigenvalue weighted by atomic mass is 32.2. The average Bonchev–Trinajstić information content (AvgIpc) is 3.25. The second-order valence-electron chi connectivity index (χ2n) is 6.66. The molecule has 0 fully saturated rings. The molecule has 0 aliphatic carbocycles. The Morgan fingerprint density at radius 3 is 2.67 bits per heavy atom. The van der Waals surface area contributed by atoms with E-state index in [1.54, 1.807) is 31.5 Å². The number of thiazole rings is 1. The van der Waals surface area contributed by atoms with Crippen LogP contribution in [0.1, 0.15) is 24.6 Å². The van der Waals surface area contributed by atoms with Crippen molar-refractivity contribution in [1.82, 2.24) is 9.97 Å². The maximum Gasteiger partial charge on any atom is 0.311 e. The van der Waals surface area contributed by atoms with Crippen LogP contribution in [0.5, 0.6) is 5.75 Å². The Bertz CT molecular complexity index is 1160. The van der Waals surface area contributed by atoms with Gasteiger partial charge in [-0.1, -0.05) is 0 Å². The molecule has 3 aromatic rings. The average molecular weight is 483 g/mol. The molecule has 0 aliphatic heterocycles. The molecule has 2 heterocycles. The number of carbonyl (C=O) groups is 2. The van der Waals surface area contributed by atoms with Gasteiger partial charge in [0.1, 0.15) is 16.8 Å². The summed E-state index contributed by atoms with van der Waals surface area (Å²) in [4.78, 5) is 32.7. The number of carbonyl (C=O) groups excluding carboxylic acids is 2. The number of aromatic nitrogens is 2. The van der Waals surface area contributed by atoms with Crippen molar-refractivity contribution in [2.75, 3.05) is 24.8 Å². The zero-order valence-corrected chi connectivity index (χ0v) is 19.8. The second kappa shape index (κ2) is 12.0. The van der Waals surface area contributed by atoms with Crippen molar-refractivity contribution in [1.29, 1.82) is 5.26 Å². The van der Waals surface area contributed by atoms with Gasteiger partial charge in [0, 0.05) is 23.1 Å². The van der Waals surface area contributed by atoms with E-state index in [-0.39, 0.29) is 24.7 Å². The first-order valence-electron chi connectivity index (χ1n) is 10.1. The molecule has 0 bridgehead atoms. The summed E-state index contributed by atoms with van der Waals surface area (Å²) in [6.45, 7) is 2.06. The van der Waals surface area contributed by atoms with Gasteiger partial charge >= 0.3 is 5.97 Å². The monoisotopic (exact) mass is 482 g/mol. The van der Waals surface area contributed by atoms with Crippen LogP contribution in [-0.2, 0) is 20.7 Å². The van der Waals surface area contributed by atoms with Crippen molar-refractivity contribution < 1.29 is 19.1 Å². The number of pyridine rings is 1. The van der Waals surface area contributed by atoms with E-state index in [4.69, 9.17) is 9.47 Å². The van der Waals surface area contributed by atoms with Crippen LogP contribution in [0, 0.1) is 11.3 Å². The number of amides is 1. The topological polar surface area (TPSA) is 114 Å². The van der Waals surface area contributed by atoms with Crippen LogP contribution < -0.4 is 10.1 Å². The van der Waals surface area contributed by atoms with E-state index in [0.717, 1.165) is 17.0 Å². The number of esters is 1. The molecule has 3 rings (SSSR count). The molecular formula is C23H22N4O4S2. The van der Waals surface area contributed by atoms with Gasteiger partial charge in [-0.15, -0.1) is 23.1 Å². The number of benzene rings is 1. The molecule has 33 heavy (non-hydrogen) atoms. The highest BCUT2D eigenvalue weighted by Crippen LogP contribution is 2.27. The molecule has 0 spiro atoms. The lowest BCUT2D eigenvalue weighted by atomic mass is 10.1. The number of nitrogens with one attached hydrogen (secondary N) is 1. The summed E-state index contributed by atoms with van der Waals surface area (Å²) >= 11 is 2.60. The summed E-state index contributed by atoms with van der Waals surface area (Å²) in [6, 6.07) is 13.2. The second-order valence-corrected chi connectivity index (χ2v) is 8.60. The molecule has 10 heteroatoms. The van der Waals surface area contributed by atoms with Crippen molar-refractivity contribution in [3.05, 3.63) is 53.0 Å². The third kappa shape index (κ3) is 7.03. The van der Waals surface area contributed by atoms with Crippen molar-refractivity contribution in [3.63, 3.8) is 0 Å². The molecule has 1 N–H and O–H groups in total. The molecule has 0 atom stereocenters. The van der Waals surface area contributed by atoms with E-state index >= 15 is 0 Å². The van der Waals surface area contributed by atoms with Crippen molar-refractivity contribution >= 4 is 40.1 Å². The van der Waals surface area contributed by atoms with Crippen LogP contribution in [0.4, 0.5) is 5.13 Å². The molecule has 0 radical (unpaired) electrons. The first kappa shape index (κ1) is 24.2. The summed E-state index contributed by atoms with van der Waals surface area (Å²) in [5.74, 6) is 0.640. The van der Waals surface area contributed by atoms with E-state index in [9.17, 15) is 14.9 Å². The van der Waals surface area contributed by atoms with Gasteiger partial charge in [0.15, 0.2) is 5.13 Å². The van der Waals surface area contributed by atoms with Crippen LogP contribution in [-0.4, -0.2) is 41.3 Å². The summed E-state index contributed by atoms with van der Waals surface area (Å²) in [6.07, 6.45) is 0.292. The van der Waals surface area contributed by atoms with E-state index in [1.165, 1.54) is 23.1 Å². The minimum atomic E-state index is -0.352. The van der Waals surface area contributed by atoms with E-state index < -0.39 is 0 Å². The maximum absolute atomic E-state index is 12.3. The molecule has 2 aromatic heterocycles. The predicted octanol–water partition coefficient (Wildman–Crippen LogP) is 4.31. The van der Waals surface area contributed by atoms with Crippen LogP contribution in [0.2, 0.25) is 0 Å². The molecule has 0 aliphatic rings. The maximum atomic E-state index is 12.3. The number of thioether (sulfide) groups is 1.